The Morgan fingerprint density at radius 3 is 2.80 bits per heavy atom. The van der Waals surface area contributed by atoms with Crippen LogP contribution >= 0.6 is 0 Å². The second kappa shape index (κ2) is 6.57. The van der Waals surface area contributed by atoms with Gasteiger partial charge in [0.25, 0.3) is 5.91 Å². The zero-order chi connectivity index (χ0) is 17.2. The molecule has 1 aliphatic heterocycles. The third-order valence-corrected chi connectivity index (χ3v) is 4.55. The lowest BCUT2D eigenvalue weighted by Gasteiger charge is -2.21. The van der Waals surface area contributed by atoms with Crippen LogP contribution in [0.5, 0.6) is 0 Å². The van der Waals surface area contributed by atoms with Crippen molar-refractivity contribution in [2.75, 3.05) is 6.61 Å². The molecule has 1 aliphatic rings. The van der Waals surface area contributed by atoms with E-state index in [9.17, 15) is 4.79 Å². The molecule has 2 aromatic heterocycles. The van der Waals surface area contributed by atoms with Gasteiger partial charge in [0.2, 0.25) is 0 Å². The SMILES string of the molecule is Cn1cccc1C(=O)N[C@@H]1CCO[C@H]1c1ccnn1-c1ccccc1. The number of hydrogen-bond donors (Lipinski definition) is 1. The Kier molecular flexibility index (Phi) is 4.11. The van der Waals surface area contributed by atoms with Crippen LogP contribution in [-0.4, -0.2) is 32.9 Å². The Morgan fingerprint density at radius 2 is 2.04 bits per heavy atom. The number of para-hydroxylation sites is 1. The van der Waals surface area contributed by atoms with Gasteiger partial charge in [-0.15, -0.1) is 0 Å². The van der Waals surface area contributed by atoms with Crippen molar-refractivity contribution in [3.8, 4) is 5.69 Å². The van der Waals surface area contributed by atoms with Gasteiger partial charge in [0.1, 0.15) is 11.8 Å². The third-order valence-electron chi connectivity index (χ3n) is 4.55. The quantitative estimate of drug-likeness (QED) is 0.796. The zero-order valence-corrected chi connectivity index (χ0v) is 14.0. The fraction of sp³-hybridized carbons (Fsp3) is 0.263. The first-order valence-electron chi connectivity index (χ1n) is 8.37. The van der Waals surface area contributed by atoms with Crippen molar-refractivity contribution in [2.45, 2.75) is 18.6 Å². The number of nitrogens with one attached hydrogen (secondary N) is 1. The first-order chi connectivity index (χ1) is 12.2. The highest BCUT2D eigenvalue weighted by atomic mass is 16.5. The molecule has 3 aromatic rings. The Hall–Kier alpha value is -2.86. The lowest BCUT2D eigenvalue weighted by atomic mass is 10.1. The lowest BCUT2D eigenvalue weighted by molar-refractivity contribution is 0.0793. The van der Waals surface area contributed by atoms with Gasteiger partial charge < -0.3 is 14.6 Å². The van der Waals surface area contributed by atoms with E-state index in [1.165, 1.54) is 0 Å². The Balaban J connectivity index is 1.58. The minimum atomic E-state index is -0.216. The number of ether oxygens (including phenoxy) is 1. The number of nitrogens with zero attached hydrogens (tertiary/aromatic N) is 3. The predicted molar refractivity (Wildman–Crippen MR) is 93.5 cm³/mol. The van der Waals surface area contributed by atoms with Crippen molar-refractivity contribution in [1.82, 2.24) is 19.7 Å². The minimum absolute atomic E-state index is 0.0819. The van der Waals surface area contributed by atoms with Crippen LogP contribution < -0.4 is 5.32 Å². The first kappa shape index (κ1) is 15.7. The van der Waals surface area contributed by atoms with Crippen molar-refractivity contribution in [3.05, 3.63) is 72.3 Å². The summed E-state index contributed by atoms with van der Waals surface area (Å²) >= 11 is 0. The zero-order valence-electron chi connectivity index (χ0n) is 14.0. The van der Waals surface area contributed by atoms with Crippen LogP contribution in [-0.2, 0) is 11.8 Å². The largest absolute Gasteiger partial charge is 0.370 e. The molecule has 1 amide bonds. The molecule has 2 atom stereocenters. The van der Waals surface area contributed by atoms with Crippen LogP contribution in [0.2, 0.25) is 0 Å². The molecule has 0 radical (unpaired) electrons. The maximum Gasteiger partial charge on any atom is 0.268 e. The smallest absolute Gasteiger partial charge is 0.268 e. The van der Waals surface area contributed by atoms with Gasteiger partial charge in [-0.05, 0) is 36.8 Å². The molecule has 4 rings (SSSR count). The van der Waals surface area contributed by atoms with Gasteiger partial charge in [0.15, 0.2) is 0 Å². The molecule has 6 heteroatoms. The van der Waals surface area contributed by atoms with Crippen molar-refractivity contribution in [3.63, 3.8) is 0 Å². The molecule has 1 saturated heterocycles. The number of aryl methyl sites for hydroxylation is 1. The van der Waals surface area contributed by atoms with Crippen molar-refractivity contribution < 1.29 is 9.53 Å². The molecular weight excluding hydrogens is 316 g/mol. The molecule has 0 spiro atoms. The van der Waals surface area contributed by atoms with Crippen molar-refractivity contribution in [1.29, 1.82) is 0 Å². The standard InChI is InChI=1S/C19H20N4O2/c1-22-12-5-8-17(22)19(24)21-15-10-13-25-18(15)16-9-11-20-23(16)14-6-3-2-4-7-14/h2-9,11-12,15,18H,10,13H2,1H3,(H,21,24)/t15-,18-/m1/s1. The maximum atomic E-state index is 12.5. The van der Waals surface area contributed by atoms with Gasteiger partial charge >= 0.3 is 0 Å². The summed E-state index contributed by atoms with van der Waals surface area (Å²) in [6.45, 7) is 0.614. The second-order valence-corrected chi connectivity index (χ2v) is 6.17. The normalized spacial score (nSPS) is 19.9. The summed E-state index contributed by atoms with van der Waals surface area (Å²) in [5.74, 6) is -0.0845. The molecule has 1 aromatic carbocycles. The fourth-order valence-corrected chi connectivity index (χ4v) is 3.28. The summed E-state index contributed by atoms with van der Waals surface area (Å²) < 4.78 is 9.62. The number of amides is 1. The van der Waals surface area contributed by atoms with E-state index in [1.54, 1.807) is 6.20 Å². The number of carbonyl (C=O) groups is 1. The van der Waals surface area contributed by atoms with Crippen molar-refractivity contribution >= 4 is 5.91 Å². The van der Waals surface area contributed by atoms with E-state index < -0.39 is 0 Å². The average Bonchev–Trinajstić information content (AvgIpc) is 3.35. The van der Waals surface area contributed by atoms with E-state index >= 15 is 0 Å². The number of benzene rings is 1. The molecule has 1 fully saturated rings. The van der Waals surface area contributed by atoms with E-state index in [0.29, 0.717) is 12.3 Å². The number of rotatable bonds is 4. The summed E-state index contributed by atoms with van der Waals surface area (Å²) in [5.41, 5.74) is 2.56. The molecule has 128 valence electrons. The highest BCUT2D eigenvalue weighted by Gasteiger charge is 2.34. The lowest BCUT2D eigenvalue weighted by Crippen LogP contribution is -2.38. The summed E-state index contributed by atoms with van der Waals surface area (Å²) in [6.07, 6.45) is 4.19. The molecule has 0 unspecified atom stereocenters. The minimum Gasteiger partial charge on any atom is -0.370 e. The molecule has 0 saturated carbocycles. The molecule has 6 nitrogen and oxygen atoms in total. The topological polar surface area (TPSA) is 61.1 Å². The highest BCUT2D eigenvalue weighted by Crippen LogP contribution is 2.30. The van der Waals surface area contributed by atoms with Crippen LogP contribution in [0.3, 0.4) is 0 Å². The first-order valence-corrected chi connectivity index (χ1v) is 8.37. The molecule has 0 bridgehead atoms. The molecule has 0 aliphatic carbocycles. The van der Waals surface area contributed by atoms with Gasteiger partial charge in [0, 0.05) is 26.0 Å². The van der Waals surface area contributed by atoms with Crippen LogP contribution in [0.1, 0.15) is 28.7 Å². The summed E-state index contributed by atoms with van der Waals surface area (Å²) in [4.78, 5) is 12.5. The van der Waals surface area contributed by atoms with Crippen LogP contribution in [0.15, 0.2) is 60.9 Å². The molecular formula is C19H20N4O2. The van der Waals surface area contributed by atoms with E-state index in [4.69, 9.17) is 4.74 Å². The highest BCUT2D eigenvalue weighted by molar-refractivity contribution is 5.93. The van der Waals surface area contributed by atoms with Crippen LogP contribution in [0.4, 0.5) is 0 Å². The van der Waals surface area contributed by atoms with Crippen molar-refractivity contribution in [2.24, 2.45) is 7.05 Å². The number of carbonyl (C=O) groups excluding carboxylic acids is 1. The fourth-order valence-electron chi connectivity index (χ4n) is 3.28. The molecule has 1 N–H and O–H groups in total. The molecule has 25 heavy (non-hydrogen) atoms. The van der Waals surface area contributed by atoms with Gasteiger partial charge in [-0.1, -0.05) is 18.2 Å². The maximum absolute atomic E-state index is 12.5. The average molecular weight is 336 g/mol. The Labute approximate surface area is 146 Å². The van der Waals surface area contributed by atoms with E-state index in [1.807, 2.05) is 71.0 Å². The second-order valence-electron chi connectivity index (χ2n) is 6.17. The van der Waals surface area contributed by atoms with Gasteiger partial charge in [-0.25, -0.2) is 4.68 Å². The number of hydrogen-bond acceptors (Lipinski definition) is 3. The van der Waals surface area contributed by atoms with Gasteiger partial charge in [-0.3, -0.25) is 4.79 Å². The van der Waals surface area contributed by atoms with Crippen LogP contribution in [0, 0.1) is 0 Å². The summed E-state index contributed by atoms with van der Waals surface area (Å²) in [7, 11) is 1.86. The number of aromatic nitrogens is 3. The van der Waals surface area contributed by atoms with Gasteiger partial charge in [-0.2, -0.15) is 5.10 Å². The Bertz CT molecular complexity index is 868. The molecule has 3 heterocycles. The summed E-state index contributed by atoms with van der Waals surface area (Å²) in [5, 5.41) is 7.54. The summed E-state index contributed by atoms with van der Waals surface area (Å²) in [6, 6.07) is 15.5. The Morgan fingerprint density at radius 1 is 1.20 bits per heavy atom. The van der Waals surface area contributed by atoms with E-state index in [2.05, 4.69) is 10.4 Å². The van der Waals surface area contributed by atoms with Gasteiger partial charge in [0.05, 0.1) is 17.4 Å². The predicted octanol–water partition coefficient (Wildman–Crippen LogP) is 2.47. The van der Waals surface area contributed by atoms with E-state index in [0.717, 1.165) is 17.8 Å². The third kappa shape index (κ3) is 2.96. The van der Waals surface area contributed by atoms with Crippen LogP contribution in [0.25, 0.3) is 5.69 Å². The van der Waals surface area contributed by atoms with E-state index in [-0.39, 0.29) is 18.1 Å². The monoisotopic (exact) mass is 336 g/mol.